The van der Waals surface area contributed by atoms with Crippen LogP contribution in [0.5, 0.6) is 0 Å². The van der Waals surface area contributed by atoms with Crippen LogP contribution >= 0.6 is 0 Å². The summed E-state index contributed by atoms with van der Waals surface area (Å²) in [5, 5.41) is 0. The van der Waals surface area contributed by atoms with Crippen LogP contribution < -0.4 is 0 Å². The van der Waals surface area contributed by atoms with Gasteiger partial charge in [-0.05, 0) is 35.4 Å². The summed E-state index contributed by atoms with van der Waals surface area (Å²) < 4.78 is 11.1. The molecular formula is C29H33NO3. The van der Waals surface area contributed by atoms with Crippen LogP contribution in [0.25, 0.3) is 0 Å². The molecule has 0 bridgehead atoms. The predicted octanol–water partition coefficient (Wildman–Crippen LogP) is 5.62. The van der Waals surface area contributed by atoms with Gasteiger partial charge in [0.25, 0.3) is 0 Å². The molecule has 2 atom stereocenters. The smallest absolute Gasteiger partial charge is 0.307 e. The SMILES string of the molecule is COC(=O)C[C@@]1(N(Cc2ccccc2)Cc2ccccc2)C[C@H]1CCOCc1ccccc1. The van der Waals surface area contributed by atoms with E-state index in [1.54, 1.807) is 0 Å². The minimum atomic E-state index is -0.200. The van der Waals surface area contributed by atoms with Crippen LogP contribution in [0.15, 0.2) is 91.0 Å². The van der Waals surface area contributed by atoms with Crippen LogP contribution in [-0.2, 0) is 34.0 Å². The number of esters is 1. The standard InChI is InChI=1S/C29H33NO3/c1-32-28(31)20-29(19-27(29)17-18-33-23-26-15-9-4-10-16-26)30(21-24-11-5-2-6-12-24)22-25-13-7-3-8-14-25/h2-16,27H,17-23H2,1H3/t27-,29+/m1/s1. The van der Waals surface area contributed by atoms with Gasteiger partial charge in [-0.15, -0.1) is 0 Å². The Morgan fingerprint density at radius 2 is 1.36 bits per heavy atom. The van der Waals surface area contributed by atoms with Crippen LogP contribution in [0.1, 0.15) is 36.0 Å². The zero-order valence-corrected chi connectivity index (χ0v) is 19.4. The van der Waals surface area contributed by atoms with Gasteiger partial charge in [-0.2, -0.15) is 0 Å². The van der Waals surface area contributed by atoms with Crippen molar-refractivity contribution in [2.24, 2.45) is 5.92 Å². The molecule has 0 radical (unpaired) electrons. The molecule has 0 amide bonds. The second-order valence-corrected chi connectivity index (χ2v) is 8.91. The molecule has 4 nitrogen and oxygen atoms in total. The first kappa shape index (κ1) is 23.2. The summed E-state index contributed by atoms with van der Waals surface area (Å²) >= 11 is 0. The lowest BCUT2D eigenvalue weighted by molar-refractivity contribution is -0.143. The normalized spacial score (nSPS) is 19.4. The van der Waals surface area contributed by atoms with Crippen molar-refractivity contribution in [2.75, 3.05) is 13.7 Å². The highest BCUT2D eigenvalue weighted by molar-refractivity contribution is 5.71. The fourth-order valence-electron chi connectivity index (χ4n) is 4.74. The maximum absolute atomic E-state index is 12.5. The van der Waals surface area contributed by atoms with Crippen LogP contribution in [0.3, 0.4) is 0 Å². The minimum absolute atomic E-state index is 0.145. The number of methoxy groups -OCH3 is 1. The van der Waals surface area contributed by atoms with E-state index < -0.39 is 0 Å². The number of nitrogens with zero attached hydrogens (tertiary/aromatic N) is 1. The first-order valence-corrected chi connectivity index (χ1v) is 11.7. The fraction of sp³-hybridized carbons (Fsp3) is 0.345. The van der Waals surface area contributed by atoms with E-state index >= 15 is 0 Å². The van der Waals surface area contributed by atoms with Crippen molar-refractivity contribution in [1.82, 2.24) is 4.90 Å². The molecule has 1 aliphatic carbocycles. The van der Waals surface area contributed by atoms with E-state index in [4.69, 9.17) is 9.47 Å². The Balaban J connectivity index is 1.47. The lowest BCUT2D eigenvalue weighted by atomic mass is 10.0. The predicted molar refractivity (Wildman–Crippen MR) is 130 cm³/mol. The average Bonchev–Trinajstić information content (AvgIpc) is 3.56. The van der Waals surface area contributed by atoms with Gasteiger partial charge in [0, 0.05) is 25.2 Å². The number of benzene rings is 3. The van der Waals surface area contributed by atoms with Gasteiger partial charge in [-0.1, -0.05) is 91.0 Å². The molecule has 0 aliphatic heterocycles. The molecule has 1 saturated carbocycles. The molecule has 0 unspecified atom stereocenters. The number of rotatable bonds is 12. The molecule has 4 heteroatoms. The lowest BCUT2D eigenvalue weighted by Gasteiger charge is -2.33. The molecule has 33 heavy (non-hydrogen) atoms. The molecule has 4 rings (SSSR count). The summed E-state index contributed by atoms with van der Waals surface area (Å²) in [6, 6.07) is 31.3. The summed E-state index contributed by atoms with van der Waals surface area (Å²) in [7, 11) is 1.48. The van der Waals surface area contributed by atoms with Crippen molar-refractivity contribution < 1.29 is 14.3 Å². The molecule has 0 spiro atoms. The van der Waals surface area contributed by atoms with Gasteiger partial charge in [0.2, 0.25) is 0 Å². The second kappa shape index (κ2) is 11.3. The largest absolute Gasteiger partial charge is 0.469 e. The number of carbonyl (C=O) groups is 1. The molecule has 0 heterocycles. The Kier molecular flexibility index (Phi) is 7.92. The molecule has 1 fully saturated rings. The molecule has 1 aliphatic rings. The Bertz CT molecular complexity index is 952. The zero-order chi connectivity index (χ0) is 22.9. The van der Waals surface area contributed by atoms with Crippen molar-refractivity contribution in [1.29, 1.82) is 0 Å². The first-order valence-electron chi connectivity index (χ1n) is 11.7. The molecule has 0 N–H and O–H groups in total. The van der Waals surface area contributed by atoms with E-state index in [1.807, 2.05) is 30.3 Å². The molecule has 3 aromatic carbocycles. The van der Waals surface area contributed by atoms with Crippen LogP contribution in [-0.4, -0.2) is 30.1 Å². The fourth-order valence-corrected chi connectivity index (χ4v) is 4.74. The van der Waals surface area contributed by atoms with E-state index in [2.05, 4.69) is 65.6 Å². The quantitative estimate of drug-likeness (QED) is 0.269. The minimum Gasteiger partial charge on any atom is -0.469 e. The van der Waals surface area contributed by atoms with E-state index in [0.717, 1.165) is 25.9 Å². The summed E-state index contributed by atoms with van der Waals surface area (Å²) in [6.45, 7) is 2.91. The van der Waals surface area contributed by atoms with Crippen molar-refractivity contribution in [2.45, 2.75) is 44.5 Å². The molecule has 3 aromatic rings. The first-order chi connectivity index (χ1) is 16.2. The van der Waals surface area contributed by atoms with Gasteiger partial charge < -0.3 is 9.47 Å². The Morgan fingerprint density at radius 3 is 1.88 bits per heavy atom. The lowest BCUT2D eigenvalue weighted by Crippen LogP contribution is -2.40. The third kappa shape index (κ3) is 6.31. The second-order valence-electron chi connectivity index (χ2n) is 8.91. The maximum Gasteiger partial charge on any atom is 0.307 e. The Labute approximate surface area is 197 Å². The molecular weight excluding hydrogens is 410 g/mol. The number of hydrogen-bond donors (Lipinski definition) is 0. The average molecular weight is 444 g/mol. The van der Waals surface area contributed by atoms with E-state index in [0.29, 0.717) is 25.6 Å². The Hall–Kier alpha value is -2.95. The van der Waals surface area contributed by atoms with Gasteiger partial charge in [0.1, 0.15) is 0 Å². The van der Waals surface area contributed by atoms with E-state index in [1.165, 1.54) is 23.8 Å². The zero-order valence-electron chi connectivity index (χ0n) is 19.4. The van der Waals surface area contributed by atoms with Gasteiger partial charge in [0.15, 0.2) is 0 Å². The summed E-state index contributed by atoms with van der Waals surface area (Å²) in [5.74, 6) is 0.258. The maximum atomic E-state index is 12.5. The van der Waals surface area contributed by atoms with Crippen molar-refractivity contribution in [3.05, 3.63) is 108 Å². The van der Waals surface area contributed by atoms with E-state index in [-0.39, 0.29) is 11.5 Å². The van der Waals surface area contributed by atoms with Crippen molar-refractivity contribution in [3.63, 3.8) is 0 Å². The van der Waals surface area contributed by atoms with Gasteiger partial charge in [0.05, 0.1) is 20.1 Å². The number of carbonyl (C=O) groups excluding carboxylic acids is 1. The molecule has 0 aromatic heterocycles. The summed E-state index contributed by atoms with van der Waals surface area (Å²) in [4.78, 5) is 14.9. The van der Waals surface area contributed by atoms with Gasteiger partial charge in [-0.3, -0.25) is 9.69 Å². The van der Waals surface area contributed by atoms with Gasteiger partial charge >= 0.3 is 5.97 Å². The van der Waals surface area contributed by atoms with E-state index in [9.17, 15) is 4.79 Å². The topological polar surface area (TPSA) is 38.8 Å². The third-order valence-corrected chi connectivity index (χ3v) is 6.66. The number of ether oxygens (including phenoxy) is 2. The van der Waals surface area contributed by atoms with Crippen LogP contribution in [0, 0.1) is 5.92 Å². The van der Waals surface area contributed by atoms with Crippen LogP contribution in [0.4, 0.5) is 0 Å². The van der Waals surface area contributed by atoms with Gasteiger partial charge in [-0.25, -0.2) is 0 Å². The van der Waals surface area contributed by atoms with Crippen molar-refractivity contribution >= 4 is 5.97 Å². The number of hydrogen-bond acceptors (Lipinski definition) is 4. The highest BCUT2D eigenvalue weighted by Crippen LogP contribution is 2.54. The molecule has 172 valence electrons. The Morgan fingerprint density at radius 1 is 0.848 bits per heavy atom. The highest BCUT2D eigenvalue weighted by Gasteiger charge is 2.58. The summed E-state index contributed by atoms with van der Waals surface area (Å²) in [6.07, 6.45) is 2.33. The van der Waals surface area contributed by atoms with Crippen molar-refractivity contribution in [3.8, 4) is 0 Å². The van der Waals surface area contributed by atoms with Crippen LogP contribution in [0.2, 0.25) is 0 Å². The third-order valence-electron chi connectivity index (χ3n) is 6.66. The molecule has 0 saturated heterocycles. The monoisotopic (exact) mass is 443 g/mol. The summed E-state index contributed by atoms with van der Waals surface area (Å²) in [5.41, 5.74) is 3.49. The highest BCUT2D eigenvalue weighted by atomic mass is 16.5.